The number of hydrogen-bond donors (Lipinski definition) is 2. The van der Waals surface area contributed by atoms with Gasteiger partial charge in [0.15, 0.2) is 0 Å². The van der Waals surface area contributed by atoms with Crippen LogP contribution in [0.15, 0.2) is 47.4 Å². The van der Waals surface area contributed by atoms with Gasteiger partial charge in [0, 0.05) is 12.2 Å². The summed E-state index contributed by atoms with van der Waals surface area (Å²) in [6.45, 7) is 0.429. The number of piperidine rings is 1. The lowest BCUT2D eigenvalue weighted by Gasteiger charge is -2.33. The Bertz CT molecular complexity index is 1040. The zero-order valence-electron chi connectivity index (χ0n) is 14.9. The number of halogens is 4. The van der Waals surface area contributed by atoms with Crippen LogP contribution in [0.4, 0.5) is 24.5 Å². The Morgan fingerprint density at radius 1 is 1.17 bits per heavy atom. The maximum Gasteiger partial charge on any atom is 0.417 e. The summed E-state index contributed by atoms with van der Waals surface area (Å²) in [5, 5.41) is 8.04. The van der Waals surface area contributed by atoms with Crippen molar-refractivity contribution in [1.82, 2.24) is 0 Å². The molecule has 1 atom stereocenters. The van der Waals surface area contributed by atoms with Crippen molar-refractivity contribution in [1.29, 1.82) is 0 Å². The van der Waals surface area contributed by atoms with E-state index in [0.29, 0.717) is 36.2 Å². The number of para-hydroxylation sites is 1. The fraction of sp³-hybridized carbons (Fsp3) is 0.278. The molecule has 0 spiro atoms. The van der Waals surface area contributed by atoms with Gasteiger partial charge in [0.25, 0.3) is 0 Å². The average Bonchev–Trinajstić information content (AvgIpc) is 2.62. The van der Waals surface area contributed by atoms with E-state index in [4.69, 9.17) is 16.7 Å². The highest BCUT2D eigenvalue weighted by Crippen LogP contribution is 2.36. The minimum absolute atomic E-state index is 0.0379. The molecule has 3 N–H and O–H groups in total. The standard InChI is InChI=1S/C18H17ClF3N3O3S/c19-13-4-1-2-6-15(13)25-9-3-5-14(17(25)26)24-11-7-8-16(29(23,27)28)12(10-11)18(20,21)22/h1-2,4,6-8,10,14,24H,3,5,9H2,(H2,23,27,28). The van der Waals surface area contributed by atoms with Crippen LogP contribution < -0.4 is 15.4 Å². The first-order valence-corrected chi connectivity index (χ1v) is 10.5. The number of primary sulfonamides is 1. The molecule has 3 rings (SSSR count). The molecule has 0 aromatic heterocycles. The Kier molecular flexibility index (Phi) is 5.79. The van der Waals surface area contributed by atoms with Crippen LogP contribution in [0.5, 0.6) is 0 Å². The first-order chi connectivity index (χ1) is 13.5. The third-order valence-electron chi connectivity index (χ3n) is 4.51. The monoisotopic (exact) mass is 447 g/mol. The number of alkyl halides is 3. The SMILES string of the molecule is NS(=O)(=O)c1ccc(NC2CCCN(c3ccccc3Cl)C2=O)cc1C(F)(F)F. The first kappa shape index (κ1) is 21.4. The second-order valence-corrected chi connectivity index (χ2v) is 8.47. The Morgan fingerprint density at radius 2 is 1.86 bits per heavy atom. The number of rotatable bonds is 4. The highest BCUT2D eigenvalue weighted by Gasteiger charge is 2.37. The molecule has 6 nitrogen and oxygen atoms in total. The van der Waals surface area contributed by atoms with Gasteiger partial charge in [-0.3, -0.25) is 4.79 Å². The number of nitrogens with zero attached hydrogens (tertiary/aromatic N) is 1. The van der Waals surface area contributed by atoms with Crippen molar-refractivity contribution in [2.24, 2.45) is 5.14 Å². The van der Waals surface area contributed by atoms with E-state index < -0.39 is 32.7 Å². The third kappa shape index (κ3) is 4.65. The molecular formula is C18H17ClF3N3O3S. The van der Waals surface area contributed by atoms with Crippen LogP contribution >= 0.6 is 11.6 Å². The van der Waals surface area contributed by atoms with Crippen molar-refractivity contribution < 1.29 is 26.4 Å². The molecule has 0 saturated carbocycles. The van der Waals surface area contributed by atoms with Gasteiger partial charge in [0.2, 0.25) is 15.9 Å². The van der Waals surface area contributed by atoms with Crippen molar-refractivity contribution in [2.75, 3.05) is 16.8 Å². The molecule has 2 aromatic rings. The highest BCUT2D eigenvalue weighted by molar-refractivity contribution is 7.89. The van der Waals surface area contributed by atoms with Crippen LogP contribution in [-0.2, 0) is 21.0 Å². The number of nitrogens with one attached hydrogen (secondary N) is 1. The van der Waals surface area contributed by atoms with Crippen molar-refractivity contribution in [2.45, 2.75) is 30.0 Å². The number of hydrogen-bond acceptors (Lipinski definition) is 4. The van der Waals surface area contributed by atoms with Gasteiger partial charge in [0.1, 0.15) is 6.04 Å². The second-order valence-electron chi connectivity index (χ2n) is 6.53. The molecule has 1 heterocycles. The van der Waals surface area contributed by atoms with Crippen LogP contribution in [0.2, 0.25) is 5.02 Å². The normalized spacial score (nSPS) is 18.0. The van der Waals surface area contributed by atoms with Crippen molar-refractivity contribution >= 4 is 38.9 Å². The van der Waals surface area contributed by atoms with Gasteiger partial charge >= 0.3 is 6.18 Å². The molecular weight excluding hydrogens is 431 g/mol. The molecule has 0 bridgehead atoms. The lowest BCUT2D eigenvalue weighted by molar-refractivity contribution is -0.139. The summed E-state index contributed by atoms with van der Waals surface area (Å²) >= 11 is 6.15. The zero-order valence-corrected chi connectivity index (χ0v) is 16.5. The van der Waals surface area contributed by atoms with E-state index in [1.807, 2.05) is 0 Å². The van der Waals surface area contributed by atoms with Gasteiger partial charge in [-0.05, 0) is 43.2 Å². The van der Waals surface area contributed by atoms with Crippen molar-refractivity contribution in [3.8, 4) is 0 Å². The minimum Gasteiger partial charge on any atom is -0.374 e. The van der Waals surface area contributed by atoms with Gasteiger partial charge in [-0.25, -0.2) is 13.6 Å². The van der Waals surface area contributed by atoms with Crippen molar-refractivity contribution in [3.05, 3.63) is 53.1 Å². The van der Waals surface area contributed by atoms with E-state index in [9.17, 15) is 26.4 Å². The first-order valence-electron chi connectivity index (χ1n) is 8.55. The lowest BCUT2D eigenvalue weighted by Crippen LogP contribution is -2.47. The molecule has 1 amide bonds. The van der Waals surface area contributed by atoms with Gasteiger partial charge in [-0.15, -0.1) is 0 Å². The maximum atomic E-state index is 13.3. The van der Waals surface area contributed by atoms with Crippen molar-refractivity contribution in [3.63, 3.8) is 0 Å². The van der Waals surface area contributed by atoms with Crippen LogP contribution in [0.25, 0.3) is 0 Å². The summed E-state index contributed by atoms with van der Waals surface area (Å²) in [7, 11) is -4.56. The summed E-state index contributed by atoms with van der Waals surface area (Å²) in [5.41, 5.74) is -0.911. The number of sulfonamides is 1. The number of amides is 1. The molecule has 1 aliphatic rings. The van der Waals surface area contributed by atoms with Crippen LogP contribution in [0, 0.1) is 0 Å². The molecule has 0 radical (unpaired) electrons. The van der Waals surface area contributed by atoms with Gasteiger partial charge in [-0.1, -0.05) is 23.7 Å². The summed E-state index contributed by atoms with van der Waals surface area (Å²) < 4.78 is 62.9. The largest absolute Gasteiger partial charge is 0.417 e. The third-order valence-corrected chi connectivity index (χ3v) is 5.80. The Balaban J connectivity index is 1.90. The molecule has 2 aromatic carbocycles. The predicted octanol–water partition coefficient (Wildman–Crippen LogP) is 3.61. The molecule has 1 unspecified atom stereocenters. The number of carbonyl (C=O) groups is 1. The fourth-order valence-electron chi connectivity index (χ4n) is 3.21. The summed E-state index contributed by atoms with van der Waals surface area (Å²) in [6, 6.07) is 8.56. The lowest BCUT2D eigenvalue weighted by atomic mass is 10.0. The number of anilines is 2. The smallest absolute Gasteiger partial charge is 0.374 e. The summed E-state index contributed by atoms with van der Waals surface area (Å²) in [5.74, 6) is -0.339. The summed E-state index contributed by atoms with van der Waals surface area (Å²) in [6.07, 6.45) is -3.92. The van der Waals surface area contributed by atoms with E-state index in [-0.39, 0.29) is 11.6 Å². The Hall–Kier alpha value is -2.30. The highest BCUT2D eigenvalue weighted by atomic mass is 35.5. The molecule has 11 heteroatoms. The molecule has 1 aliphatic heterocycles. The van der Waals surface area contributed by atoms with Gasteiger partial charge in [-0.2, -0.15) is 13.2 Å². The molecule has 1 fully saturated rings. The van der Waals surface area contributed by atoms with E-state index in [2.05, 4.69) is 5.32 Å². The molecule has 1 saturated heterocycles. The van der Waals surface area contributed by atoms with E-state index >= 15 is 0 Å². The molecule has 0 aliphatic carbocycles. The molecule has 156 valence electrons. The van der Waals surface area contributed by atoms with Crippen LogP contribution in [0.3, 0.4) is 0 Å². The van der Waals surface area contributed by atoms with E-state index in [1.165, 1.54) is 4.90 Å². The quantitative estimate of drug-likeness (QED) is 0.748. The van der Waals surface area contributed by atoms with Gasteiger partial charge in [0.05, 0.1) is 21.2 Å². The van der Waals surface area contributed by atoms with Crippen LogP contribution in [-0.4, -0.2) is 26.9 Å². The second kappa shape index (κ2) is 7.85. The number of carbonyl (C=O) groups excluding carboxylic acids is 1. The Labute approximate surface area is 170 Å². The number of benzene rings is 2. The summed E-state index contributed by atoms with van der Waals surface area (Å²) in [4.78, 5) is 13.3. The average molecular weight is 448 g/mol. The van der Waals surface area contributed by atoms with Gasteiger partial charge < -0.3 is 10.2 Å². The molecule has 29 heavy (non-hydrogen) atoms. The Morgan fingerprint density at radius 3 is 2.48 bits per heavy atom. The zero-order chi connectivity index (χ0) is 21.4. The minimum atomic E-state index is -4.93. The van der Waals surface area contributed by atoms with E-state index in [0.717, 1.165) is 12.1 Å². The number of nitrogens with two attached hydrogens (primary N) is 1. The maximum absolute atomic E-state index is 13.3. The van der Waals surface area contributed by atoms with Crippen LogP contribution in [0.1, 0.15) is 18.4 Å². The fourth-order valence-corrected chi connectivity index (χ4v) is 4.19. The van der Waals surface area contributed by atoms with E-state index in [1.54, 1.807) is 24.3 Å². The topological polar surface area (TPSA) is 92.5 Å². The predicted molar refractivity (Wildman–Crippen MR) is 103 cm³/mol.